The van der Waals surface area contributed by atoms with Crippen molar-refractivity contribution in [3.8, 4) is 73.6 Å². The lowest BCUT2D eigenvalue weighted by Gasteiger charge is -2.22. The molecule has 1 aliphatic carbocycles. The van der Waals surface area contributed by atoms with E-state index in [9.17, 15) is 5.26 Å². The lowest BCUT2D eigenvalue weighted by atomic mass is 9.81. The monoisotopic (exact) mass is 653 g/mol. The number of pyridine rings is 1. The molecule has 0 radical (unpaired) electrons. The van der Waals surface area contributed by atoms with Crippen molar-refractivity contribution in [1.29, 1.82) is 5.26 Å². The molecule has 0 amide bonds. The van der Waals surface area contributed by atoms with Gasteiger partial charge < -0.3 is 0 Å². The third-order valence-corrected chi connectivity index (χ3v) is 9.98. The first kappa shape index (κ1) is 30.3. The summed E-state index contributed by atoms with van der Waals surface area (Å²) in [5, 5.41) is 11.7. The van der Waals surface area contributed by atoms with Crippen molar-refractivity contribution in [3.05, 3.63) is 169 Å². The minimum Gasteiger partial charge on any atom is -0.264 e. The molecule has 0 aliphatic heterocycles. The molecule has 0 N–H and O–H groups in total. The molecule has 5 nitrogen and oxygen atoms in total. The zero-order chi connectivity index (χ0) is 34.5. The van der Waals surface area contributed by atoms with Crippen molar-refractivity contribution in [2.75, 3.05) is 0 Å². The third-order valence-electron chi connectivity index (χ3n) is 9.98. The molecule has 8 aromatic rings. The maximum atomic E-state index is 9.52. The minimum atomic E-state index is -0.212. The molecule has 0 bridgehead atoms. The summed E-state index contributed by atoms with van der Waals surface area (Å²) in [6, 6.07) is 50.3. The SMILES string of the molecule is CC1(C)c2cc(-c3cc(-c4cccnc4)cc(-c4nc(-c5ccccc5)nc(-c5ccccc5)n4)c3)ccc2-c2cc3cc(C#N)ccc3cc21. The van der Waals surface area contributed by atoms with E-state index in [1.165, 1.54) is 22.3 Å². The third kappa shape index (κ3) is 5.35. The second kappa shape index (κ2) is 12.0. The number of hydrogen-bond acceptors (Lipinski definition) is 5. The summed E-state index contributed by atoms with van der Waals surface area (Å²) >= 11 is 0. The molecule has 0 spiro atoms. The zero-order valence-corrected chi connectivity index (χ0v) is 28.2. The molecule has 2 heterocycles. The Morgan fingerprint density at radius 1 is 0.471 bits per heavy atom. The fraction of sp³-hybridized carbons (Fsp3) is 0.0652. The number of nitrogens with zero attached hydrogens (tertiary/aromatic N) is 5. The van der Waals surface area contributed by atoms with Gasteiger partial charge in [0, 0.05) is 40.1 Å². The van der Waals surface area contributed by atoms with Crippen LogP contribution in [0.15, 0.2) is 152 Å². The van der Waals surface area contributed by atoms with Crippen LogP contribution in [0.3, 0.4) is 0 Å². The number of hydrogen-bond donors (Lipinski definition) is 0. The van der Waals surface area contributed by atoms with Crippen molar-refractivity contribution in [1.82, 2.24) is 19.9 Å². The van der Waals surface area contributed by atoms with Crippen LogP contribution in [0.5, 0.6) is 0 Å². The van der Waals surface area contributed by atoms with Crippen LogP contribution in [0, 0.1) is 11.3 Å². The topological polar surface area (TPSA) is 75.3 Å². The molecule has 0 fully saturated rings. The van der Waals surface area contributed by atoms with Crippen LogP contribution < -0.4 is 0 Å². The molecule has 0 saturated heterocycles. The Morgan fingerprint density at radius 2 is 1.08 bits per heavy atom. The van der Waals surface area contributed by atoms with Gasteiger partial charge in [-0.25, -0.2) is 15.0 Å². The summed E-state index contributed by atoms with van der Waals surface area (Å²) in [6.45, 7) is 4.60. The second-order valence-corrected chi connectivity index (χ2v) is 13.5. The Morgan fingerprint density at radius 3 is 1.73 bits per heavy atom. The standard InChI is InChI=1S/C46H31N5/c1-46(2)41-25-33(17-18-39(41)40-24-35-20-29(27-47)15-16-32(35)26-42(40)46)36-21-37(34-14-9-19-48-28-34)23-38(22-36)45-50-43(30-10-5-3-6-11-30)49-44(51-45)31-12-7-4-8-13-31/h3-26,28H,1-2H3. The average Bonchev–Trinajstić information content (AvgIpc) is 3.41. The molecule has 0 unspecified atom stereocenters. The number of nitriles is 1. The van der Waals surface area contributed by atoms with Crippen LogP contribution in [-0.4, -0.2) is 19.9 Å². The largest absolute Gasteiger partial charge is 0.264 e. The summed E-state index contributed by atoms with van der Waals surface area (Å²) in [6.07, 6.45) is 3.69. The maximum absolute atomic E-state index is 9.52. The van der Waals surface area contributed by atoms with Gasteiger partial charge in [0.25, 0.3) is 0 Å². The van der Waals surface area contributed by atoms with E-state index in [1.54, 1.807) is 6.20 Å². The van der Waals surface area contributed by atoms with E-state index in [1.807, 2.05) is 85.1 Å². The highest BCUT2D eigenvalue weighted by Gasteiger charge is 2.36. The van der Waals surface area contributed by atoms with Gasteiger partial charge in [-0.05, 0) is 104 Å². The Balaban J connectivity index is 1.22. The van der Waals surface area contributed by atoms with E-state index in [4.69, 9.17) is 15.0 Å². The summed E-state index contributed by atoms with van der Waals surface area (Å²) in [5.41, 5.74) is 12.4. The van der Waals surface area contributed by atoms with Gasteiger partial charge in [-0.3, -0.25) is 4.98 Å². The van der Waals surface area contributed by atoms with Gasteiger partial charge in [-0.2, -0.15) is 5.26 Å². The van der Waals surface area contributed by atoms with E-state index >= 15 is 0 Å². The molecule has 51 heavy (non-hydrogen) atoms. The zero-order valence-electron chi connectivity index (χ0n) is 28.2. The Hall–Kier alpha value is -6.77. The quantitative estimate of drug-likeness (QED) is 0.185. The van der Waals surface area contributed by atoms with E-state index in [0.29, 0.717) is 23.0 Å². The number of aromatic nitrogens is 4. The molecule has 2 aromatic heterocycles. The predicted octanol–water partition coefficient (Wildman–Crippen LogP) is 10.9. The van der Waals surface area contributed by atoms with Crippen LogP contribution in [-0.2, 0) is 5.41 Å². The average molecular weight is 654 g/mol. The Bertz CT molecular complexity index is 2600. The van der Waals surface area contributed by atoms with Crippen molar-refractivity contribution in [2.24, 2.45) is 0 Å². The van der Waals surface area contributed by atoms with Gasteiger partial charge in [-0.15, -0.1) is 0 Å². The first-order valence-electron chi connectivity index (χ1n) is 17.0. The van der Waals surface area contributed by atoms with Gasteiger partial charge in [0.1, 0.15) is 0 Å². The fourth-order valence-corrected chi connectivity index (χ4v) is 7.29. The van der Waals surface area contributed by atoms with E-state index in [2.05, 4.69) is 85.6 Å². The summed E-state index contributed by atoms with van der Waals surface area (Å²) < 4.78 is 0. The predicted molar refractivity (Wildman–Crippen MR) is 205 cm³/mol. The van der Waals surface area contributed by atoms with Gasteiger partial charge in [0.2, 0.25) is 0 Å². The van der Waals surface area contributed by atoms with Crippen LogP contribution in [0.4, 0.5) is 0 Å². The molecular formula is C46H31N5. The molecule has 9 rings (SSSR count). The van der Waals surface area contributed by atoms with E-state index in [-0.39, 0.29) is 5.41 Å². The number of benzene rings is 6. The first-order chi connectivity index (χ1) is 24.9. The highest BCUT2D eigenvalue weighted by molar-refractivity contribution is 5.95. The molecule has 6 aromatic carbocycles. The first-order valence-corrected chi connectivity index (χ1v) is 17.0. The second-order valence-electron chi connectivity index (χ2n) is 13.5. The highest BCUT2D eigenvalue weighted by Crippen LogP contribution is 2.51. The molecule has 240 valence electrons. The summed E-state index contributed by atoms with van der Waals surface area (Å²) in [5.74, 6) is 1.85. The summed E-state index contributed by atoms with van der Waals surface area (Å²) in [7, 11) is 0. The normalized spacial score (nSPS) is 12.6. The lowest BCUT2D eigenvalue weighted by molar-refractivity contribution is 0.661. The summed E-state index contributed by atoms with van der Waals surface area (Å²) in [4.78, 5) is 19.5. The van der Waals surface area contributed by atoms with Gasteiger partial charge in [-0.1, -0.05) is 98.8 Å². The minimum absolute atomic E-state index is 0.212. The van der Waals surface area contributed by atoms with E-state index < -0.39 is 0 Å². The van der Waals surface area contributed by atoms with Crippen molar-refractivity contribution < 1.29 is 0 Å². The van der Waals surface area contributed by atoms with Crippen molar-refractivity contribution >= 4 is 10.8 Å². The van der Waals surface area contributed by atoms with Crippen molar-refractivity contribution in [2.45, 2.75) is 19.3 Å². The molecule has 5 heteroatoms. The molecular weight excluding hydrogens is 623 g/mol. The highest BCUT2D eigenvalue weighted by atomic mass is 15.0. The van der Waals surface area contributed by atoms with Crippen LogP contribution in [0.2, 0.25) is 0 Å². The number of fused-ring (bicyclic) bond motifs is 4. The number of rotatable bonds is 5. The smallest absolute Gasteiger partial charge is 0.164 e. The van der Waals surface area contributed by atoms with Gasteiger partial charge >= 0.3 is 0 Å². The van der Waals surface area contributed by atoms with E-state index in [0.717, 1.165) is 49.7 Å². The van der Waals surface area contributed by atoms with Gasteiger partial charge in [0.05, 0.1) is 11.6 Å². The molecule has 1 aliphatic rings. The van der Waals surface area contributed by atoms with Crippen LogP contribution in [0.1, 0.15) is 30.5 Å². The maximum Gasteiger partial charge on any atom is 0.164 e. The van der Waals surface area contributed by atoms with Gasteiger partial charge in [0.15, 0.2) is 17.5 Å². The fourth-order valence-electron chi connectivity index (χ4n) is 7.29. The Labute approximate surface area is 296 Å². The van der Waals surface area contributed by atoms with Crippen LogP contribution >= 0.6 is 0 Å². The molecule has 0 saturated carbocycles. The van der Waals surface area contributed by atoms with Crippen LogP contribution in [0.25, 0.3) is 78.3 Å². The lowest BCUT2D eigenvalue weighted by Crippen LogP contribution is -2.15. The molecule has 0 atom stereocenters. The van der Waals surface area contributed by atoms with Crippen molar-refractivity contribution in [3.63, 3.8) is 0 Å². The Kier molecular flexibility index (Phi) is 7.12.